The summed E-state index contributed by atoms with van der Waals surface area (Å²) < 4.78 is 33.4. The summed E-state index contributed by atoms with van der Waals surface area (Å²) in [6, 6.07) is 6.64. The summed E-state index contributed by atoms with van der Waals surface area (Å²) in [5, 5.41) is 0. The first-order valence-corrected chi connectivity index (χ1v) is 14.5. The van der Waals surface area contributed by atoms with Crippen molar-refractivity contribution in [1.82, 2.24) is 9.97 Å². The van der Waals surface area contributed by atoms with E-state index in [1.165, 1.54) is 70.6 Å². The SMILES string of the molecule is CCCCCCCCCCCc1cnc(-c2ccc(OC(F)(F)CCCCCCCCC)cc2)nc1. The van der Waals surface area contributed by atoms with Gasteiger partial charge in [-0.15, -0.1) is 0 Å². The minimum absolute atomic E-state index is 0.175. The van der Waals surface area contributed by atoms with Crippen LogP contribution in [0.4, 0.5) is 8.78 Å². The van der Waals surface area contributed by atoms with Crippen LogP contribution in [0.3, 0.4) is 0 Å². The third-order valence-electron chi connectivity index (χ3n) is 6.73. The van der Waals surface area contributed by atoms with Gasteiger partial charge in [0.15, 0.2) is 5.82 Å². The number of hydrogen-bond acceptors (Lipinski definition) is 3. The number of benzene rings is 1. The molecular formula is C31H48F2N2O. The number of hydrogen-bond donors (Lipinski definition) is 0. The lowest BCUT2D eigenvalue weighted by Gasteiger charge is -2.18. The van der Waals surface area contributed by atoms with Crippen molar-refractivity contribution in [3.63, 3.8) is 0 Å². The number of nitrogens with zero attached hydrogens (tertiary/aromatic N) is 2. The fourth-order valence-corrected chi connectivity index (χ4v) is 4.46. The Hall–Kier alpha value is -2.04. The van der Waals surface area contributed by atoms with Crippen molar-refractivity contribution in [1.29, 1.82) is 0 Å². The Labute approximate surface area is 218 Å². The molecule has 1 aromatic carbocycles. The average molecular weight is 503 g/mol. The van der Waals surface area contributed by atoms with Crippen LogP contribution in [0.15, 0.2) is 36.7 Å². The van der Waals surface area contributed by atoms with Crippen LogP contribution < -0.4 is 4.74 Å². The maximum Gasteiger partial charge on any atom is 0.397 e. The van der Waals surface area contributed by atoms with Crippen molar-refractivity contribution in [2.24, 2.45) is 0 Å². The van der Waals surface area contributed by atoms with Gasteiger partial charge < -0.3 is 4.74 Å². The monoisotopic (exact) mass is 502 g/mol. The van der Waals surface area contributed by atoms with E-state index in [0.717, 1.165) is 43.2 Å². The van der Waals surface area contributed by atoms with E-state index < -0.39 is 6.11 Å². The minimum atomic E-state index is -3.14. The first-order chi connectivity index (χ1) is 17.5. The van der Waals surface area contributed by atoms with Crippen molar-refractivity contribution in [3.8, 4) is 17.1 Å². The lowest BCUT2D eigenvalue weighted by Crippen LogP contribution is -2.24. The highest BCUT2D eigenvalue weighted by atomic mass is 19.3. The largest absolute Gasteiger partial charge is 0.433 e. The molecule has 0 radical (unpaired) electrons. The van der Waals surface area contributed by atoms with Gasteiger partial charge in [-0.25, -0.2) is 9.97 Å². The highest BCUT2D eigenvalue weighted by molar-refractivity contribution is 5.55. The van der Waals surface area contributed by atoms with Gasteiger partial charge in [-0.05, 0) is 49.1 Å². The van der Waals surface area contributed by atoms with Gasteiger partial charge in [-0.1, -0.05) is 104 Å². The van der Waals surface area contributed by atoms with E-state index in [2.05, 4.69) is 23.8 Å². The molecule has 0 saturated heterocycles. The topological polar surface area (TPSA) is 35.0 Å². The zero-order chi connectivity index (χ0) is 25.9. The van der Waals surface area contributed by atoms with E-state index in [0.29, 0.717) is 12.2 Å². The average Bonchev–Trinajstić information content (AvgIpc) is 2.88. The van der Waals surface area contributed by atoms with Crippen LogP contribution >= 0.6 is 0 Å². The third kappa shape index (κ3) is 13.3. The molecule has 2 rings (SSSR count). The second-order valence-corrected chi connectivity index (χ2v) is 10.1. The third-order valence-corrected chi connectivity index (χ3v) is 6.73. The molecule has 0 aliphatic heterocycles. The predicted octanol–water partition coefficient (Wildman–Crippen LogP) is 10.3. The Morgan fingerprint density at radius 3 is 1.64 bits per heavy atom. The van der Waals surface area contributed by atoms with Crippen LogP contribution in [0.25, 0.3) is 11.4 Å². The number of halogens is 2. The van der Waals surface area contributed by atoms with Crippen molar-refractivity contribution in [2.75, 3.05) is 0 Å². The molecule has 0 amide bonds. The number of rotatable bonds is 21. The molecule has 2 aromatic rings. The van der Waals surface area contributed by atoms with Crippen LogP contribution in [-0.2, 0) is 6.42 Å². The summed E-state index contributed by atoms with van der Waals surface area (Å²) in [6.07, 6.45) is 20.3. The summed E-state index contributed by atoms with van der Waals surface area (Å²) in [5.41, 5.74) is 1.94. The molecule has 36 heavy (non-hydrogen) atoms. The molecule has 0 spiro atoms. The molecule has 0 fully saturated rings. The first-order valence-electron chi connectivity index (χ1n) is 14.5. The van der Waals surface area contributed by atoms with Crippen LogP contribution in [-0.4, -0.2) is 16.1 Å². The summed E-state index contributed by atoms with van der Waals surface area (Å²) >= 11 is 0. The summed E-state index contributed by atoms with van der Waals surface area (Å²) in [7, 11) is 0. The van der Waals surface area contributed by atoms with E-state index in [4.69, 9.17) is 4.74 Å². The van der Waals surface area contributed by atoms with Gasteiger partial charge in [-0.3, -0.25) is 0 Å². The molecule has 0 aliphatic carbocycles. The maximum absolute atomic E-state index is 14.2. The Morgan fingerprint density at radius 2 is 1.11 bits per heavy atom. The molecule has 0 N–H and O–H groups in total. The fourth-order valence-electron chi connectivity index (χ4n) is 4.46. The molecule has 0 atom stereocenters. The lowest BCUT2D eigenvalue weighted by atomic mass is 10.1. The Bertz CT molecular complexity index is 793. The van der Waals surface area contributed by atoms with E-state index in [-0.39, 0.29) is 12.2 Å². The van der Waals surface area contributed by atoms with Crippen molar-refractivity contribution in [2.45, 2.75) is 136 Å². The minimum Gasteiger partial charge on any atom is -0.433 e. The fraction of sp³-hybridized carbons (Fsp3) is 0.677. The quantitative estimate of drug-likeness (QED) is 0.159. The van der Waals surface area contributed by atoms with Crippen LogP contribution in [0.5, 0.6) is 5.75 Å². The molecule has 5 heteroatoms. The van der Waals surface area contributed by atoms with Crippen molar-refractivity contribution < 1.29 is 13.5 Å². The number of alkyl halides is 2. The molecule has 0 bridgehead atoms. The predicted molar refractivity (Wildman–Crippen MR) is 147 cm³/mol. The molecule has 0 saturated carbocycles. The van der Waals surface area contributed by atoms with E-state index in [1.807, 2.05) is 12.4 Å². The lowest BCUT2D eigenvalue weighted by molar-refractivity contribution is -0.181. The summed E-state index contributed by atoms with van der Waals surface area (Å²) in [5.74, 6) is 0.779. The Balaban J connectivity index is 1.67. The van der Waals surface area contributed by atoms with Gasteiger partial charge >= 0.3 is 6.11 Å². The second kappa shape index (κ2) is 18.2. The molecule has 0 aliphatic rings. The van der Waals surface area contributed by atoms with E-state index in [1.54, 1.807) is 24.3 Å². The Morgan fingerprint density at radius 1 is 0.639 bits per heavy atom. The summed E-state index contributed by atoms with van der Waals surface area (Å²) in [4.78, 5) is 8.97. The van der Waals surface area contributed by atoms with E-state index in [9.17, 15) is 8.78 Å². The van der Waals surface area contributed by atoms with Gasteiger partial charge in [0.2, 0.25) is 0 Å². The van der Waals surface area contributed by atoms with Crippen LogP contribution in [0.1, 0.15) is 129 Å². The summed E-state index contributed by atoms with van der Waals surface area (Å²) in [6.45, 7) is 4.43. The second-order valence-electron chi connectivity index (χ2n) is 10.1. The smallest absolute Gasteiger partial charge is 0.397 e. The van der Waals surface area contributed by atoms with Crippen LogP contribution in [0.2, 0.25) is 0 Å². The first kappa shape index (κ1) is 30.2. The van der Waals surface area contributed by atoms with Gasteiger partial charge in [0, 0.05) is 18.0 Å². The molecule has 0 unspecified atom stereocenters. The normalized spacial score (nSPS) is 11.7. The highest BCUT2D eigenvalue weighted by Crippen LogP contribution is 2.28. The standard InChI is InChI=1S/C31H48F2N2O/c1-3-5-7-9-11-12-13-15-17-19-27-25-34-30(35-26-27)28-20-22-29(23-21-28)36-31(32,33)24-18-16-14-10-8-6-4-2/h20-23,25-26H,3-19,24H2,1-2H3. The van der Waals surface area contributed by atoms with Crippen LogP contribution in [0, 0.1) is 0 Å². The molecule has 1 aromatic heterocycles. The Kier molecular flexibility index (Phi) is 15.3. The molecular weight excluding hydrogens is 454 g/mol. The van der Waals surface area contributed by atoms with Gasteiger partial charge in [-0.2, -0.15) is 8.78 Å². The number of unbranched alkanes of at least 4 members (excludes halogenated alkanes) is 14. The van der Waals surface area contributed by atoms with Gasteiger partial charge in [0.1, 0.15) is 5.75 Å². The molecule has 202 valence electrons. The number of aromatic nitrogens is 2. The van der Waals surface area contributed by atoms with Crippen molar-refractivity contribution in [3.05, 3.63) is 42.2 Å². The molecule has 3 nitrogen and oxygen atoms in total. The zero-order valence-electron chi connectivity index (χ0n) is 22.8. The van der Waals surface area contributed by atoms with Gasteiger partial charge in [0.05, 0.1) is 6.42 Å². The van der Waals surface area contributed by atoms with Crippen molar-refractivity contribution >= 4 is 0 Å². The van der Waals surface area contributed by atoms with E-state index >= 15 is 0 Å². The number of aryl methyl sites for hydroxylation is 1. The highest BCUT2D eigenvalue weighted by Gasteiger charge is 2.30. The van der Waals surface area contributed by atoms with Gasteiger partial charge in [0.25, 0.3) is 0 Å². The zero-order valence-corrected chi connectivity index (χ0v) is 22.8. The maximum atomic E-state index is 14.2. The number of ether oxygens (including phenoxy) is 1. The molecule has 1 heterocycles.